The summed E-state index contributed by atoms with van der Waals surface area (Å²) in [5, 5.41) is -0.542. The third-order valence-electron chi connectivity index (χ3n) is 2.22. The molecular weight excluding hydrogens is 285 g/mol. The summed E-state index contributed by atoms with van der Waals surface area (Å²) >= 11 is 5.48. The van der Waals surface area contributed by atoms with Crippen molar-refractivity contribution in [3.8, 4) is 0 Å². The van der Waals surface area contributed by atoms with Crippen LogP contribution in [0.5, 0.6) is 0 Å². The van der Waals surface area contributed by atoms with Crippen LogP contribution < -0.4 is 10.6 Å². The molecular formula is C10H12ClF3N4O. The summed E-state index contributed by atoms with van der Waals surface area (Å²) in [5.41, 5.74) is 3.88. The second-order valence-electron chi connectivity index (χ2n) is 4.07. The van der Waals surface area contributed by atoms with Crippen LogP contribution in [0, 0.1) is 0 Å². The third kappa shape index (κ3) is 4.23. The Kier molecular flexibility index (Phi) is 4.56. The number of alkyl halides is 3. The summed E-state index contributed by atoms with van der Waals surface area (Å²) in [4.78, 5) is 19.1. The first-order valence-electron chi connectivity index (χ1n) is 5.28. The molecule has 1 aromatic rings. The van der Waals surface area contributed by atoms with Crippen LogP contribution in [0.4, 0.5) is 19.0 Å². The Hall–Kier alpha value is -1.57. The van der Waals surface area contributed by atoms with E-state index in [1.807, 2.05) is 0 Å². The minimum absolute atomic E-state index is 0.0962. The van der Waals surface area contributed by atoms with Crippen molar-refractivity contribution in [2.45, 2.75) is 26.1 Å². The van der Waals surface area contributed by atoms with Crippen molar-refractivity contribution < 1.29 is 18.0 Å². The largest absolute Gasteiger partial charge is 0.433 e. The predicted octanol–water partition coefficient (Wildman–Crippen LogP) is 1.85. The van der Waals surface area contributed by atoms with Gasteiger partial charge in [-0.1, -0.05) is 0 Å². The van der Waals surface area contributed by atoms with E-state index in [0.29, 0.717) is 0 Å². The molecule has 0 fully saturated rings. The van der Waals surface area contributed by atoms with Crippen LogP contribution in [0.25, 0.3) is 0 Å². The van der Waals surface area contributed by atoms with E-state index < -0.39 is 23.1 Å². The van der Waals surface area contributed by atoms with Crippen molar-refractivity contribution in [2.75, 3.05) is 11.4 Å². The number of carbonyl (C=O) groups is 1. The van der Waals surface area contributed by atoms with Gasteiger partial charge in [0.1, 0.15) is 5.82 Å². The average molecular weight is 297 g/mol. The van der Waals surface area contributed by atoms with E-state index in [9.17, 15) is 18.0 Å². The molecule has 0 aliphatic rings. The molecule has 0 saturated heterocycles. The van der Waals surface area contributed by atoms with Crippen molar-refractivity contribution in [3.63, 3.8) is 0 Å². The maximum absolute atomic E-state index is 12.6. The SMILES string of the molecule is CC(C)N(CC(N)=O)c1cc(C(F)(F)F)nc(Cl)n1. The minimum Gasteiger partial charge on any atom is -0.368 e. The number of amides is 1. The maximum atomic E-state index is 12.6. The molecule has 0 spiro atoms. The standard InChI is InChI=1S/C10H12ClF3N4O/c1-5(2)18(4-7(15)19)8-3-6(10(12,13)14)16-9(11)17-8/h3,5H,4H2,1-2H3,(H2,15,19). The molecule has 0 radical (unpaired) electrons. The van der Waals surface area contributed by atoms with E-state index >= 15 is 0 Å². The fourth-order valence-electron chi connectivity index (χ4n) is 1.39. The van der Waals surface area contributed by atoms with E-state index in [2.05, 4.69) is 9.97 Å². The smallest absolute Gasteiger partial charge is 0.368 e. The molecule has 19 heavy (non-hydrogen) atoms. The Morgan fingerprint density at radius 1 is 1.47 bits per heavy atom. The number of rotatable bonds is 4. The van der Waals surface area contributed by atoms with Crippen molar-refractivity contribution in [1.82, 2.24) is 9.97 Å². The molecule has 0 atom stereocenters. The quantitative estimate of drug-likeness (QED) is 0.861. The molecule has 0 bridgehead atoms. The van der Waals surface area contributed by atoms with Crippen LogP contribution in [0.3, 0.4) is 0 Å². The topological polar surface area (TPSA) is 72.1 Å². The lowest BCUT2D eigenvalue weighted by atomic mass is 10.3. The second kappa shape index (κ2) is 5.60. The fraction of sp³-hybridized carbons (Fsp3) is 0.500. The number of nitrogens with zero attached hydrogens (tertiary/aromatic N) is 3. The third-order valence-corrected chi connectivity index (χ3v) is 2.39. The van der Waals surface area contributed by atoms with Crippen molar-refractivity contribution in [1.29, 1.82) is 0 Å². The van der Waals surface area contributed by atoms with Crippen LogP contribution in [0.15, 0.2) is 6.07 Å². The zero-order valence-electron chi connectivity index (χ0n) is 10.2. The number of halogens is 4. The Labute approximate surface area is 112 Å². The van der Waals surface area contributed by atoms with E-state index in [1.165, 1.54) is 4.90 Å². The van der Waals surface area contributed by atoms with Crippen LogP contribution in [-0.4, -0.2) is 28.5 Å². The van der Waals surface area contributed by atoms with Gasteiger partial charge in [-0.25, -0.2) is 9.97 Å². The predicted molar refractivity (Wildman–Crippen MR) is 63.7 cm³/mol. The summed E-state index contributed by atoms with van der Waals surface area (Å²) in [6.07, 6.45) is -4.64. The highest BCUT2D eigenvalue weighted by molar-refractivity contribution is 6.28. The number of anilines is 1. The summed E-state index contributed by atoms with van der Waals surface area (Å²) in [5.74, 6) is -0.780. The minimum atomic E-state index is -4.64. The van der Waals surface area contributed by atoms with E-state index in [-0.39, 0.29) is 18.4 Å². The van der Waals surface area contributed by atoms with Gasteiger partial charge in [-0.2, -0.15) is 13.2 Å². The highest BCUT2D eigenvalue weighted by Crippen LogP contribution is 2.30. The Balaban J connectivity index is 3.24. The molecule has 5 nitrogen and oxygen atoms in total. The van der Waals surface area contributed by atoms with Gasteiger partial charge >= 0.3 is 6.18 Å². The number of carbonyl (C=O) groups excluding carboxylic acids is 1. The van der Waals surface area contributed by atoms with E-state index in [0.717, 1.165) is 6.07 Å². The van der Waals surface area contributed by atoms with Crippen LogP contribution >= 0.6 is 11.6 Å². The molecule has 0 unspecified atom stereocenters. The van der Waals surface area contributed by atoms with Gasteiger partial charge in [-0.05, 0) is 25.4 Å². The summed E-state index contributed by atoms with van der Waals surface area (Å²) in [7, 11) is 0. The van der Waals surface area contributed by atoms with E-state index in [1.54, 1.807) is 13.8 Å². The highest BCUT2D eigenvalue weighted by Gasteiger charge is 2.34. The molecule has 1 amide bonds. The normalized spacial score (nSPS) is 11.7. The Bertz CT molecular complexity index is 478. The molecule has 1 aromatic heterocycles. The zero-order chi connectivity index (χ0) is 14.8. The summed E-state index contributed by atoms with van der Waals surface area (Å²) in [6.45, 7) is 3.11. The lowest BCUT2D eigenvalue weighted by molar-refractivity contribution is -0.141. The number of nitrogens with two attached hydrogens (primary N) is 1. The van der Waals surface area contributed by atoms with Gasteiger partial charge in [0.05, 0.1) is 6.54 Å². The Morgan fingerprint density at radius 3 is 2.47 bits per heavy atom. The number of hydrogen-bond acceptors (Lipinski definition) is 4. The molecule has 0 aliphatic heterocycles. The molecule has 2 N–H and O–H groups in total. The van der Waals surface area contributed by atoms with Crippen LogP contribution in [-0.2, 0) is 11.0 Å². The van der Waals surface area contributed by atoms with Gasteiger partial charge in [-0.15, -0.1) is 0 Å². The second-order valence-corrected chi connectivity index (χ2v) is 4.40. The Morgan fingerprint density at radius 2 is 2.05 bits per heavy atom. The monoisotopic (exact) mass is 296 g/mol. The molecule has 9 heteroatoms. The molecule has 1 rings (SSSR count). The number of hydrogen-bond donors (Lipinski definition) is 1. The summed E-state index contributed by atoms with van der Waals surface area (Å²) < 4.78 is 37.8. The maximum Gasteiger partial charge on any atom is 0.433 e. The van der Waals surface area contributed by atoms with Crippen LogP contribution in [0.2, 0.25) is 5.28 Å². The summed E-state index contributed by atoms with van der Waals surface area (Å²) in [6, 6.07) is 0.453. The zero-order valence-corrected chi connectivity index (χ0v) is 11.0. The van der Waals surface area contributed by atoms with Gasteiger partial charge in [0.25, 0.3) is 0 Å². The molecule has 0 aliphatic carbocycles. The number of aromatic nitrogens is 2. The average Bonchev–Trinajstić information content (AvgIpc) is 2.23. The van der Waals surface area contributed by atoms with Crippen LogP contribution in [0.1, 0.15) is 19.5 Å². The van der Waals surface area contributed by atoms with E-state index in [4.69, 9.17) is 17.3 Å². The molecule has 0 aromatic carbocycles. The van der Waals surface area contributed by atoms with Crippen molar-refractivity contribution >= 4 is 23.3 Å². The van der Waals surface area contributed by atoms with Crippen molar-refractivity contribution in [2.24, 2.45) is 5.73 Å². The van der Waals surface area contributed by atoms with Gasteiger partial charge in [-0.3, -0.25) is 4.79 Å². The first-order chi connectivity index (χ1) is 8.61. The van der Waals surface area contributed by atoms with Gasteiger partial charge in [0.2, 0.25) is 11.2 Å². The highest BCUT2D eigenvalue weighted by atomic mass is 35.5. The lowest BCUT2D eigenvalue weighted by Gasteiger charge is -2.26. The lowest BCUT2D eigenvalue weighted by Crippen LogP contribution is -2.39. The molecule has 106 valence electrons. The number of primary amides is 1. The molecule has 0 saturated carbocycles. The first kappa shape index (κ1) is 15.5. The molecule has 1 heterocycles. The van der Waals surface area contributed by atoms with Gasteiger partial charge in [0.15, 0.2) is 5.69 Å². The van der Waals surface area contributed by atoms with Gasteiger partial charge < -0.3 is 10.6 Å². The van der Waals surface area contributed by atoms with Crippen molar-refractivity contribution in [3.05, 3.63) is 17.0 Å². The first-order valence-corrected chi connectivity index (χ1v) is 5.65. The van der Waals surface area contributed by atoms with Gasteiger partial charge in [0, 0.05) is 12.1 Å². The fourth-order valence-corrected chi connectivity index (χ4v) is 1.57.